The van der Waals surface area contributed by atoms with E-state index in [1.165, 1.54) is 46.6 Å². The van der Waals surface area contributed by atoms with Crippen LogP contribution in [-0.2, 0) is 0 Å². The molecule has 150 valence electrons. The van der Waals surface area contributed by atoms with Crippen LogP contribution in [-0.4, -0.2) is 47.5 Å². The van der Waals surface area contributed by atoms with E-state index in [1.54, 1.807) is 6.07 Å². The molecular formula is C23H24FN3O2. The number of aryl methyl sites for hydroxylation is 1. The highest BCUT2D eigenvalue weighted by atomic mass is 19.1. The summed E-state index contributed by atoms with van der Waals surface area (Å²) in [5.41, 5.74) is 4.59. The van der Waals surface area contributed by atoms with Gasteiger partial charge in [0.05, 0.1) is 11.1 Å². The summed E-state index contributed by atoms with van der Waals surface area (Å²) in [5, 5.41) is 0.601. The Morgan fingerprint density at radius 1 is 1.00 bits per heavy atom. The largest absolute Gasteiger partial charge is 0.368 e. The SMILES string of the molecule is CC(=O)n1cc(C(=O)N2CCN(c3cccc(C)c3C)CC2)c2ccc(F)cc21. The van der Waals surface area contributed by atoms with E-state index in [1.807, 2.05) is 4.90 Å². The second-order valence-corrected chi connectivity index (χ2v) is 7.59. The van der Waals surface area contributed by atoms with Gasteiger partial charge in [0.1, 0.15) is 5.82 Å². The summed E-state index contributed by atoms with van der Waals surface area (Å²) in [7, 11) is 0. The smallest absolute Gasteiger partial charge is 0.256 e. The Hall–Kier alpha value is -3.15. The minimum absolute atomic E-state index is 0.123. The predicted octanol–water partition coefficient (Wildman–Crippen LogP) is 4.02. The number of carbonyl (C=O) groups excluding carboxylic acids is 2. The number of amides is 1. The average Bonchev–Trinajstić information content (AvgIpc) is 3.08. The Balaban J connectivity index is 1.58. The lowest BCUT2D eigenvalue weighted by molar-refractivity contribution is 0.0748. The molecule has 1 amide bonds. The Labute approximate surface area is 169 Å². The first-order valence-electron chi connectivity index (χ1n) is 9.79. The van der Waals surface area contributed by atoms with Crippen molar-refractivity contribution < 1.29 is 14.0 Å². The predicted molar refractivity (Wildman–Crippen MR) is 112 cm³/mol. The zero-order chi connectivity index (χ0) is 20.7. The number of halogens is 1. The van der Waals surface area contributed by atoms with Crippen LogP contribution in [0.2, 0.25) is 0 Å². The van der Waals surface area contributed by atoms with Crippen molar-refractivity contribution in [1.82, 2.24) is 9.47 Å². The van der Waals surface area contributed by atoms with Crippen LogP contribution in [0.3, 0.4) is 0 Å². The number of piperazine rings is 1. The highest BCUT2D eigenvalue weighted by Crippen LogP contribution is 2.27. The molecule has 0 N–H and O–H groups in total. The van der Waals surface area contributed by atoms with Gasteiger partial charge in [-0.05, 0) is 49.2 Å². The van der Waals surface area contributed by atoms with E-state index < -0.39 is 5.82 Å². The van der Waals surface area contributed by atoms with Crippen molar-refractivity contribution in [2.75, 3.05) is 31.1 Å². The molecule has 2 aromatic carbocycles. The molecule has 4 rings (SSSR count). The summed E-state index contributed by atoms with van der Waals surface area (Å²) in [6.07, 6.45) is 1.53. The van der Waals surface area contributed by atoms with E-state index in [2.05, 4.69) is 36.9 Å². The molecule has 5 nitrogen and oxygen atoms in total. The molecule has 0 saturated carbocycles. The van der Waals surface area contributed by atoms with Crippen molar-refractivity contribution in [2.45, 2.75) is 20.8 Å². The van der Waals surface area contributed by atoms with Crippen LogP contribution < -0.4 is 4.90 Å². The van der Waals surface area contributed by atoms with E-state index >= 15 is 0 Å². The maximum absolute atomic E-state index is 13.7. The van der Waals surface area contributed by atoms with Crippen LogP contribution in [0.1, 0.15) is 33.2 Å². The van der Waals surface area contributed by atoms with Gasteiger partial charge in [0, 0.05) is 50.4 Å². The number of anilines is 1. The van der Waals surface area contributed by atoms with Crippen molar-refractivity contribution in [3.8, 4) is 0 Å². The van der Waals surface area contributed by atoms with Gasteiger partial charge < -0.3 is 9.80 Å². The highest BCUT2D eigenvalue weighted by molar-refractivity contribution is 6.09. The first kappa shape index (κ1) is 19.2. The van der Waals surface area contributed by atoms with Gasteiger partial charge in [0.2, 0.25) is 5.91 Å². The third kappa shape index (κ3) is 3.39. The molecule has 1 aliphatic rings. The van der Waals surface area contributed by atoms with E-state index in [4.69, 9.17) is 0 Å². The molecule has 1 aliphatic heterocycles. The third-order valence-corrected chi connectivity index (χ3v) is 5.82. The normalized spacial score (nSPS) is 14.5. The number of rotatable bonds is 2. The minimum atomic E-state index is -0.431. The fourth-order valence-electron chi connectivity index (χ4n) is 4.03. The van der Waals surface area contributed by atoms with Crippen LogP contribution in [0.4, 0.5) is 10.1 Å². The quantitative estimate of drug-likeness (QED) is 0.661. The molecule has 1 aromatic heterocycles. The number of carbonyl (C=O) groups is 2. The lowest BCUT2D eigenvalue weighted by Gasteiger charge is -2.37. The maximum atomic E-state index is 13.7. The van der Waals surface area contributed by atoms with Gasteiger partial charge in [-0.25, -0.2) is 4.39 Å². The van der Waals surface area contributed by atoms with Crippen molar-refractivity contribution >= 4 is 28.4 Å². The second kappa shape index (κ2) is 7.35. The summed E-state index contributed by atoms with van der Waals surface area (Å²) in [6, 6.07) is 10.5. The highest BCUT2D eigenvalue weighted by Gasteiger charge is 2.26. The van der Waals surface area contributed by atoms with E-state index in [0.29, 0.717) is 29.6 Å². The molecule has 29 heavy (non-hydrogen) atoms. The molecule has 0 radical (unpaired) electrons. The molecule has 0 aliphatic carbocycles. The summed E-state index contributed by atoms with van der Waals surface area (Å²) < 4.78 is 15.0. The zero-order valence-electron chi connectivity index (χ0n) is 16.9. The summed E-state index contributed by atoms with van der Waals surface area (Å²) in [6.45, 7) is 8.32. The summed E-state index contributed by atoms with van der Waals surface area (Å²) in [5.74, 6) is -0.805. The van der Waals surface area contributed by atoms with Gasteiger partial charge in [0.15, 0.2) is 0 Å². The third-order valence-electron chi connectivity index (χ3n) is 5.82. The topological polar surface area (TPSA) is 45.6 Å². The number of hydrogen-bond donors (Lipinski definition) is 0. The monoisotopic (exact) mass is 393 g/mol. The number of nitrogens with zero attached hydrogens (tertiary/aromatic N) is 3. The molecule has 2 heterocycles. The second-order valence-electron chi connectivity index (χ2n) is 7.59. The van der Waals surface area contributed by atoms with Crippen molar-refractivity contribution in [3.05, 3.63) is 65.1 Å². The van der Waals surface area contributed by atoms with Crippen molar-refractivity contribution in [3.63, 3.8) is 0 Å². The molecule has 0 atom stereocenters. The Morgan fingerprint density at radius 2 is 1.72 bits per heavy atom. The number of hydrogen-bond acceptors (Lipinski definition) is 3. The molecule has 1 saturated heterocycles. The van der Waals surface area contributed by atoms with Crippen LogP contribution >= 0.6 is 0 Å². The van der Waals surface area contributed by atoms with E-state index in [9.17, 15) is 14.0 Å². The fraction of sp³-hybridized carbons (Fsp3) is 0.304. The summed E-state index contributed by atoms with van der Waals surface area (Å²) >= 11 is 0. The summed E-state index contributed by atoms with van der Waals surface area (Å²) in [4.78, 5) is 29.3. The molecule has 1 fully saturated rings. The Morgan fingerprint density at radius 3 is 2.41 bits per heavy atom. The maximum Gasteiger partial charge on any atom is 0.256 e. The molecule has 0 unspecified atom stereocenters. The molecule has 3 aromatic rings. The first-order chi connectivity index (χ1) is 13.9. The number of fused-ring (bicyclic) bond motifs is 1. The van der Waals surface area contributed by atoms with Gasteiger partial charge in [-0.15, -0.1) is 0 Å². The van der Waals surface area contributed by atoms with Gasteiger partial charge >= 0.3 is 0 Å². The molecular weight excluding hydrogens is 369 g/mol. The Kier molecular flexibility index (Phi) is 4.86. The van der Waals surface area contributed by atoms with Gasteiger partial charge in [-0.3, -0.25) is 14.2 Å². The Bertz CT molecular complexity index is 1110. The number of aromatic nitrogens is 1. The fourth-order valence-corrected chi connectivity index (χ4v) is 4.03. The molecule has 0 bridgehead atoms. The first-order valence-corrected chi connectivity index (χ1v) is 9.79. The standard InChI is InChI=1S/C23H24FN3O2/c1-15-5-4-6-21(16(15)2)25-9-11-26(12-10-25)23(29)20-14-27(17(3)28)22-13-18(24)7-8-19(20)22/h4-8,13-14H,9-12H2,1-3H3. The number of benzene rings is 2. The van der Waals surface area contributed by atoms with Gasteiger partial charge in [0.25, 0.3) is 5.91 Å². The van der Waals surface area contributed by atoms with Crippen LogP contribution in [0.25, 0.3) is 10.9 Å². The molecule has 6 heteroatoms. The van der Waals surface area contributed by atoms with Gasteiger partial charge in [-0.1, -0.05) is 12.1 Å². The van der Waals surface area contributed by atoms with E-state index in [0.717, 1.165) is 13.1 Å². The van der Waals surface area contributed by atoms with Crippen molar-refractivity contribution in [2.24, 2.45) is 0 Å². The molecule has 0 spiro atoms. The lowest BCUT2D eigenvalue weighted by Crippen LogP contribution is -2.49. The lowest BCUT2D eigenvalue weighted by atomic mass is 10.1. The van der Waals surface area contributed by atoms with Crippen molar-refractivity contribution in [1.29, 1.82) is 0 Å². The van der Waals surface area contributed by atoms with Crippen LogP contribution in [0, 0.1) is 19.7 Å². The minimum Gasteiger partial charge on any atom is -0.368 e. The zero-order valence-corrected chi connectivity index (χ0v) is 16.9. The van der Waals surface area contributed by atoms with Gasteiger partial charge in [-0.2, -0.15) is 0 Å². The average molecular weight is 393 g/mol. The van der Waals surface area contributed by atoms with E-state index in [-0.39, 0.29) is 11.8 Å². The van der Waals surface area contributed by atoms with Crippen LogP contribution in [0.15, 0.2) is 42.6 Å². The van der Waals surface area contributed by atoms with Crippen LogP contribution in [0.5, 0.6) is 0 Å².